The number of carbonyl (C=O) groups excluding carboxylic acids is 2. The summed E-state index contributed by atoms with van der Waals surface area (Å²) in [5.41, 5.74) is 5.64. The molecule has 0 radical (unpaired) electrons. The number of nitrogens with one attached hydrogen (secondary N) is 2. The zero-order valence-corrected chi connectivity index (χ0v) is 19.3. The maximum absolute atomic E-state index is 12.8. The van der Waals surface area contributed by atoms with Crippen LogP contribution in [0.3, 0.4) is 0 Å². The van der Waals surface area contributed by atoms with Crippen molar-refractivity contribution >= 4 is 28.4 Å². The summed E-state index contributed by atoms with van der Waals surface area (Å²) in [4.78, 5) is 34.7. The molecule has 2 amide bonds. The molecule has 0 aliphatic carbocycles. The van der Waals surface area contributed by atoms with Crippen molar-refractivity contribution in [1.82, 2.24) is 35.0 Å². The topological polar surface area (TPSA) is 108 Å². The SMILES string of the molecule is CC(C)=CC(=O)N1CCCC1C(=O)NCCc1cc2c(-c3cnn4ncccc34)ccnc2[nH]1. The van der Waals surface area contributed by atoms with Gasteiger partial charge < -0.3 is 15.2 Å². The van der Waals surface area contributed by atoms with Crippen LogP contribution in [-0.4, -0.2) is 60.6 Å². The van der Waals surface area contributed by atoms with Crippen LogP contribution >= 0.6 is 0 Å². The molecule has 0 saturated carbocycles. The van der Waals surface area contributed by atoms with Crippen LogP contribution in [0.1, 0.15) is 32.4 Å². The zero-order chi connectivity index (χ0) is 23.7. The predicted molar refractivity (Wildman–Crippen MR) is 129 cm³/mol. The van der Waals surface area contributed by atoms with Gasteiger partial charge in [-0.3, -0.25) is 9.59 Å². The van der Waals surface area contributed by atoms with Gasteiger partial charge in [0, 0.05) is 54.6 Å². The van der Waals surface area contributed by atoms with Crippen molar-refractivity contribution in [3.8, 4) is 11.1 Å². The Morgan fingerprint density at radius 3 is 2.94 bits per heavy atom. The maximum Gasteiger partial charge on any atom is 0.247 e. The van der Waals surface area contributed by atoms with Gasteiger partial charge in [0.15, 0.2) is 0 Å². The molecule has 1 atom stereocenters. The molecular formula is C25H27N7O2. The number of carbonyl (C=O) groups is 2. The summed E-state index contributed by atoms with van der Waals surface area (Å²) in [6.07, 6.45) is 9.06. The number of aromatic amines is 1. The van der Waals surface area contributed by atoms with Crippen LogP contribution in [0, 0.1) is 0 Å². The first-order valence-corrected chi connectivity index (χ1v) is 11.5. The standard InChI is InChI=1S/C25H27N7O2/c1-16(2)13-23(33)31-12-4-6-22(31)25(34)27-10-7-17-14-19-18(8-11-26-24(19)30-17)20-15-29-32-21(20)5-3-9-28-32/h3,5,8-9,11,13-15,22H,4,6-7,10,12H2,1-2H3,(H,26,30)(H,27,34). The van der Waals surface area contributed by atoms with Crippen molar-refractivity contribution in [2.24, 2.45) is 0 Å². The summed E-state index contributed by atoms with van der Waals surface area (Å²) < 4.78 is 1.61. The fourth-order valence-corrected chi connectivity index (χ4v) is 4.56. The second-order valence-electron chi connectivity index (χ2n) is 8.82. The highest BCUT2D eigenvalue weighted by molar-refractivity contribution is 5.97. The first-order valence-electron chi connectivity index (χ1n) is 11.5. The molecule has 4 aromatic heterocycles. The van der Waals surface area contributed by atoms with Crippen molar-refractivity contribution < 1.29 is 9.59 Å². The van der Waals surface area contributed by atoms with Crippen LogP contribution in [0.15, 0.2) is 54.5 Å². The van der Waals surface area contributed by atoms with Crippen LogP contribution in [-0.2, 0) is 16.0 Å². The number of hydrogen-bond donors (Lipinski definition) is 2. The number of hydrogen-bond acceptors (Lipinski definition) is 5. The van der Waals surface area contributed by atoms with Crippen molar-refractivity contribution in [3.05, 3.63) is 60.2 Å². The molecule has 5 rings (SSSR count). The van der Waals surface area contributed by atoms with Gasteiger partial charge in [0.25, 0.3) is 0 Å². The monoisotopic (exact) mass is 457 g/mol. The highest BCUT2D eigenvalue weighted by atomic mass is 16.2. The molecule has 0 aromatic carbocycles. The van der Waals surface area contributed by atoms with E-state index in [0.717, 1.165) is 45.4 Å². The van der Waals surface area contributed by atoms with Crippen molar-refractivity contribution in [1.29, 1.82) is 0 Å². The molecule has 1 aliphatic rings. The lowest BCUT2D eigenvalue weighted by Gasteiger charge is -2.22. The number of rotatable bonds is 6. The van der Waals surface area contributed by atoms with Gasteiger partial charge in [0.05, 0.1) is 11.7 Å². The van der Waals surface area contributed by atoms with Crippen LogP contribution in [0.2, 0.25) is 0 Å². The molecule has 1 aliphatic heterocycles. The molecule has 1 fully saturated rings. The number of fused-ring (bicyclic) bond motifs is 2. The molecule has 1 saturated heterocycles. The van der Waals surface area contributed by atoms with Crippen LogP contribution in [0.5, 0.6) is 0 Å². The lowest BCUT2D eigenvalue weighted by atomic mass is 10.1. The largest absolute Gasteiger partial charge is 0.354 e. The lowest BCUT2D eigenvalue weighted by Crippen LogP contribution is -2.46. The zero-order valence-electron chi connectivity index (χ0n) is 19.3. The van der Waals surface area contributed by atoms with E-state index in [9.17, 15) is 9.59 Å². The van der Waals surface area contributed by atoms with Gasteiger partial charge >= 0.3 is 0 Å². The van der Waals surface area contributed by atoms with Crippen LogP contribution < -0.4 is 5.32 Å². The van der Waals surface area contributed by atoms with Gasteiger partial charge in [0.2, 0.25) is 11.8 Å². The summed E-state index contributed by atoms with van der Waals surface area (Å²) in [5, 5.41) is 12.6. The van der Waals surface area contributed by atoms with Crippen molar-refractivity contribution in [2.75, 3.05) is 13.1 Å². The number of allylic oxidation sites excluding steroid dienone is 1. The molecule has 0 spiro atoms. The van der Waals surface area contributed by atoms with E-state index in [1.165, 1.54) is 0 Å². The van der Waals surface area contributed by atoms with E-state index >= 15 is 0 Å². The third kappa shape index (κ3) is 4.16. The van der Waals surface area contributed by atoms with Crippen LogP contribution in [0.4, 0.5) is 0 Å². The van der Waals surface area contributed by atoms with Gasteiger partial charge in [-0.05, 0) is 56.5 Å². The normalized spacial score (nSPS) is 15.7. The summed E-state index contributed by atoms with van der Waals surface area (Å²) in [6.45, 7) is 4.87. The van der Waals surface area contributed by atoms with Gasteiger partial charge in [-0.15, -0.1) is 0 Å². The number of pyridine rings is 1. The molecular weight excluding hydrogens is 430 g/mol. The maximum atomic E-state index is 12.8. The van der Waals surface area contributed by atoms with Gasteiger partial charge in [-0.2, -0.15) is 14.8 Å². The molecule has 0 bridgehead atoms. The number of aromatic nitrogens is 5. The highest BCUT2D eigenvalue weighted by Gasteiger charge is 2.32. The first-order chi connectivity index (χ1) is 16.5. The number of likely N-dealkylation sites (tertiary alicyclic amines) is 1. The third-order valence-electron chi connectivity index (χ3n) is 6.13. The molecule has 5 heterocycles. The predicted octanol–water partition coefficient (Wildman–Crippen LogP) is 2.89. The Morgan fingerprint density at radius 2 is 2.09 bits per heavy atom. The Bertz CT molecular complexity index is 1400. The number of amides is 2. The average molecular weight is 458 g/mol. The summed E-state index contributed by atoms with van der Waals surface area (Å²) in [6, 6.07) is 7.53. The van der Waals surface area contributed by atoms with Crippen LogP contribution in [0.25, 0.3) is 27.7 Å². The fourth-order valence-electron chi connectivity index (χ4n) is 4.56. The average Bonchev–Trinajstić information content (AvgIpc) is 3.55. The minimum Gasteiger partial charge on any atom is -0.354 e. The highest BCUT2D eigenvalue weighted by Crippen LogP contribution is 2.30. The van der Waals surface area contributed by atoms with E-state index in [4.69, 9.17) is 0 Å². The molecule has 2 N–H and O–H groups in total. The molecule has 34 heavy (non-hydrogen) atoms. The fraction of sp³-hybridized carbons (Fsp3) is 0.320. The minimum atomic E-state index is -0.400. The van der Waals surface area contributed by atoms with E-state index < -0.39 is 6.04 Å². The quantitative estimate of drug-likeness (QED) is 0.433. The summed E-state index contributed by atoms with van der Waals surface area (Å²) >= 11 is 0. The van der Waals surface area contributed by atoms with Gasteiger partial charge in [0.1, 0.15) is 11.7 Å². The van der Waals surface area contributed by atoms with Crippen molar-refractivity contribution in [2.45, 2.75) is 39.2 Å². The molecule has 9 heteroatoms. The Morgan fingerprint density at radius 1 is 1.21 bits per heavy atom. The molecule has 4 aromatic rings. The third-order valence-corrected chi connectivity index (χ3v) is 6.13. The van der Waals surface area contributed by atoms with E-state index in [2.05, 4.69) is 31.5 Å². The lowest BCUT2D eigenvalue weighted by molar-refractivity contribution is -0.135. The second kappa shape index (κ2) is 9.09. The Labute approximate surface area is 196 Å². The van der Waals surface area contributed by atoms with Crippen molar-refractivity contribution in [3.63, 3.8) is 0 Å². The van der Waals surface area contributed by atoms with E-state index in [1.807, 2.05) is 38.2 Å². The molecule has 174 valence electrons. The minimum absolute atomic E-state index is 0.0882. The van der Waals surface area contributed by atoms with E-state index in [0.29, 0.717) is 25.9 Å². The van der Waals surface area contributed by atoms with Gasteiger partial charge in [-0.25, -0.2) is 4.98 Å². The van der Waals surface area contributed by atoms with E-state index in [1.54, 1.807) is 28.0 Å². The smallest absolute Gasteiger partial charge is 0.247 e. The molecule has 1 unspecified atom stereocenters. The first kappa shape index (κ1) is 21.8. The second-order valence-corrected chi connectivity index (χ2v) is 8.82. The Hall–Kier alpha value is -4.01. The summed E-state index contributed by atoms with van der Waals surface area (Å²) in [7, 11) is 0. The summed E-state index contributed by atoms with van der Waals surface area (Å²) in [5.74, 6) is -0.184. The Kier molecular flexibility index (Phi) is 5.83. The molecule has 9 nitrogen and oxygen atoms in total. The number of H-pyrrole nitrogens is 1. The Balaban J connectivity index is 1.28. The van der Waals surface area contributed by atoms with E-state index in [-0.39, 0.29) is 11.8 Å². The van der Waals surface area contributed by atoms with Gasteiger partial charge in [-0.1, -0.05) is 5.57 Å². The number of nitrogens with zero attached hydrogens (tertiary/aromatic N) is 5.